The van der Waals surface area contributed by atoms with Crippen molar-refractivity contribution in [2.45, 2.75) is 33.2 Å². The third kappa shape index (κ3) is 3.35. The van der Waals surface area contributed by atoms with Gasteiger partial charge in [-0.2, -0.15) is 0 Å². The number of benzene rings is 1. The molecule has 20 heavy (non-hydrogen) atoms. The summed E-state index contributed by atoms with van der Waals surface area (Å²) in [6.07, 6.45) is 0.797. The fraction of sp³-hybridized carbons (Fsp3) is 0.400. The summed E-state index contributed by atoms with van der Waals surface area (Å²) in [4.78, 5) is 5.42. The van der Waals surface area contributed by atoms with Crippen molar-refractivity contribution in [1.82, 2.24) is 4.98 Å². The van der Waals surface area contributed by atoms with Crippen LogP contribution in [0.2, 0.25) is 0 Å². The van der Waals surface area contributed by atoms with Gasteiger partial charge in [0.1, 0.15) is 11.6 Å². The monoisotopic (exact) mass is 294 g/mol. The number of nitrogens with two attached hydrogens (primary N) is 1. The van der Waals surface area contributed by atoms with Gasteiger partial charge in [-0.25, -0.2) is 9.37 Å². The quantitative estimate of drug-likeness (QED) is 0.917. The van der Waals surface area contributed by atoms with Gasteiger partial charge in [0.15, 0.2) is 0 Å². The van der Waals surface area contributed by atoms with Crippen LogP contribution in [0.15, 0.2) is 17.6 Å². The number of hydrogen-bond acceptors (Lipinski definition) is 4. The smallest absolute Gasteiger partial charge is 0.126 e. The highest BCUT2D eigenvalue weighted by atomic mass is 32.1. The van der Waals surface area contributed by atoms with E-state index in [-0.39, 0.29) is 11.9 Å². The molecule has 0 aliphatic rings. The fourth-order valence-corrected chi connectivity index (χ4v) is 2.73. The van der Waals surface area contributed by atoms with E-state index in [1.54, 1.807) is 24.3 Å². The second-order valence-electron chi connectivity index (χ2n) is 4.89. The molecule has 1 aromatic heterocycles. The average Bonchev–Trinajstić information content (AvgIpc) is 2.79. The maximum absolute atomic E-state index is 13.6. The molecule has 0 amide bonds. The zero-order valence-electron chi connectivity index (χ0n) is 11.9. The Morgan fingerprint density at radius 1 is 1.40 bits per heavy atom. The molecule has 1 aromatic carbocycles. The van der Waals surface area contributed by atoms with Crippen LogP contribution in [0.4, 0.5) is 4.39 Å². The van der Waals surface area contributed by atoms with Crippen molar-refractivity contribution < 1.29 is 9.13 Å². The van der Waals surface area contributed by atoms with E-state index < -0.39 is 0 Å². The molecular weight excluding hydrogens is 275 g/mol. The molecule has 0 saturated heterocycles. The van der Waals surface area contributed by atoms with Crippen molar-refractivity contribution in [3.63, 3.8) is 0 Å². The van der Waals surface area contributed by atoms with E-state index in [0.29, 0.717) is 23.5 Å². The fourth-order valence-electron chi connectivity index (χ4n) is 1.97. The largest absolute Gasteiger partial charge is 0.493 e. The molecule has 0 fully saturated rings. The lowest BCUT2D eigenvalue weighted by atomic mass is 10.1. The molecule has 108 valence electrons. The molecule has 2 N–H and O–H groups in total. The molecule has 5 heteroatoms. The van der Waals surface area contributed by atoms with Gasteiger partial charge in [-0.1, -0.05) is 0 Å². The van der Waals surface area contributed by atoms with Crippen molar-refractivity contribution in [1.29, 1.82) is 0 Å². The summed E-state index contributed by atoms with van der Waals surface area (Å²) in [5.74, 6) is 0.420. The SMILES string of the molecule is Cc1cc(OCCc2scnc2C)c(C(C)N)cc1F. The van der Waals surface area contributed by atoms with Gasteiger partial charge >= 0.3 is 0 Å². The van der Waals surface area contributed by atoms with E-state index in [9.17, 15) is 4.39 Å². The number of halogens is 1. The Bertz CT molecular complexity index is 596. The maximum atomic E-state index is 13.6. The molecule has 2 rings (SSSR count). The van der Waals surface area contributed by atoms with Crippen LogP contribution in [0.3, 0.4) is 0 Å². The number of thiazole rings is 1. The number of aromatic nitrogens is 1. The predicted molar refractivity (Wildman–Crippen MR) is 79.8 cm³/mol. The third-order valence-corrected chi connectivity index (χ3v) is 4.21. The van der Waals surface area contributed by atoms with Gasteiger partial charge < -0.3 is 10.5 Å². The number of hydrogen-bond donors (Lipinski definition) is 1. The van der Waals surface area contributed by atoms with E-state index in [1.165, 1.54) is 10.9 Å². The number of ether oxygens (including phenoxy) is 1. The van der Waals surface area contributed by atoms with Crippen LogP contribution >= 0.6 is 11.3 Å². The lowest BCUT2D eigenvalue weighted by Gasteiger charge is -2.15. The van der Waals surface area contributed by atoms with Gasteiger partial charge in [0.05, 0.1) is 17.8 Å². The van der Waals surface area contributed by atoms with Crippen LogP contribution in [0.5, 0.6) is 5.75 Å². The van der Waals surface area contributed by atoms with Gasteiger partial charge in [0.2, 0.25) is 0 Å². The topological polar surface area (TPSA) is 48.1 Å². The van der Waals surface area contributed by atoms with Crippen LogP contribution in [0.25, 0.3) is 0 Å². The first-order valence-electron chi connectivity index (χ1n) is 6.56. The van der Waals surface area contributed by atoms with Gasteiger partial charge in [-0.15, -0.1) is 11.3 Å². The predicted octanol–water partition coefficient (Wildman–Crippen LogP) is 3.54. The molecule has 0 bridgehead atoms. The Balaban J connectivity index is 2.09. The first-order valence-corrected chi connectivity index (χ1v) is 7.44. The van der Waals surface area contributed by atoms with Crippen LogP contribution in [-0.4, -0.2) is 11.6 Å². The summed E-state index contributed by atoms with van der Waals surface area (Å²) in [6.45, 7) is 6.07. The van der Waals surface area contributed by atoms with E-state index in [0.717, 1.165) is 12.1 Å². The van der Waals surface area contributed by atoms with E-state index in [4.69, 9.17) is 10.5 Å². The lowest BCUT2D eigenvalue weighted by molar-refractivity contribution is 0.317. The number of nitrogens with zero attached hydrogens (tertiary/aromatic N) is 1. The first-order chi connectivity index (χ1) is 9.49. The number of aryl methyl sites for hydroxylation is 2. The molecule has 2 aromatic rings. The number of rotatable bonds is 5. The molecule has 0 aliphatic carbocycles. The Morgan fingerprint density at radius 2 is 2.15 bits per heavy atom. The molecule has 1 unspecified atom stereocenters. The highest BCUT2D eigenvalue weighted by molar-refractivity contribution is 7.09. The van der Waals surface area contributed by atoms with Crippen molar-refractivity contribution in [2.24, 2.45) is 5.73 Å². The molecule has 0 radical (unpaired) electrons. The second-order valence-corrected chi connectivity index (χ2v) is 5.83. The van der Waals surface area contributed by atoms with Gasteiger partial charge in [-0.3, -0.25) is 0 Å². The zero-order chi connectivity index (χ0) is 14.7. The normalized spacial score (nSPS) is 12.4. The van der Waals surface area contributed by atoms with Crippen LogP contribution in [-0.2, 0) is 6.42 Å². The van der Waals surface area contributed by atoms with Gasteiger partial charge in [-0.05, 0) is 38.5 Å². The molecule has 1 heterocycles. The maximum Gasteiger partial charge on any atom is 0.126 e. The lowest BCUT2D eigenvalue weighted by Crippen LogP contribution is -2.10. The summed E-state index contributed by atoms with van der Waals surface area (Å²) in [5.41, 5.74) is 10.0. The highest BCUT2D eigenvalue weighted by Gasteiger charge is 2.12. The van der Waals surface area contributed by atoms with Crippen molar-refractivity contribution in [3.05, 3.63) is 45.2 Å². The van der Waals surface area contributed by atoms with Crippen molar-refractivity contribution in [3.8, 4) is 5.75 Å². The molecule has 0 aliphatic heterocycles. The van der Waals surface area contributed by atoms with Gasteiger partial charge in [0.25, 0.3) is 0 Å². The van der Waals surface area contributed by atoms with E-state index in [2.05, 4.69) is 4.98 Å². The Morgan fingerprint density at radius 3 is 2.75 bits per heavy atom. The molecule has 0 saturated carbocycles. The van der Waals surface area contributed by atoms with Gasteiger partial charge in [0, 0.05) is 22.9 Å². The second kappa shape index (κ2) is 6.33. The van der Waals surface area contributed by atoms with E-state index in [1.807, 2.05) is 19.4 Å². The van der Waals surface area contributed by atoms with Crippen LogP contribution in [0.1, 0.15) is 34.7 Å². The minimum absolute atomic E-state index is 0.247. The molecule has 1 atom stereocenters. The van der Waals surface area contributed by atoms with Crippen molar-refractivity contribution in [2.75, 3.05) is 6.61 Å². The standard InChI is InChI=1S/C15H19FN2OS/c1-9-6-14(12(10(2)17)7-13(9)16)19-5-4-15-11(3)18-8-20-15/h6-8,10H,4-5,17H2,1-3H3. The Hall–Kier alpha value is -1.46. The van der Waals surface area contributed by atoms with E-state index >= 15 is 0 Å². The molecular formula is C15H19FN2OS. The average molecular weight is 294 g/mol. The minimum atomic E-state index is -0.259. The molecule has 0 spiro atoms. The third-order valence-electron chi connectivity index (χ3n) is 3.21. The highest BCUT2D eigenvalue weighted by Crippen LogP contribution is 2.27. The summed E-state index contributed by atoms with van der Waals surface area (Å²) in [7, 11) is 0. The minimum Gasteiger partial charge on any atom is -0.493 e. The molecule has 3 nitrogen and oxygen atoms in total. The summed E-state index contributed by atoms with van der Waals surface area (Å²) in [5, 5.41) is 0. The summed E-state index contributed by atoms with van der Waals surface area (Å²) >= 11 is 1.62. The Labute approximate surface area is 122 Å². The van der Waals surface area contributed by atoms with Crippen LogP contribution in [0, 0.1) is 19.7 Å². The van der Waals surface area contributed by atoms with Crippen LogP contribution < -0.4 is 10.5 Å². The Kier molecular flexibility index (Phi) is 4.73. The van der Waals surface area contributed by atoms with Crippen molar-refractivity contribution >= 4 is 11.3 Å². The first kappa shape index (κ1) is 14.9. The summed E-state index contributed by atoms with van der Waals surface area (Å²) in [6, 6.07) is 2.92. The zero-order valence-corrected chi connectivity index (χ0v) is 12.8. The summed E-state index contributed by atoms with van der Waals surface area (Å²) < 4.78 is 19.4.